The van der Waals surface area contributed by atoms with Gasteiger partial charge in [-0.25, -0.2) is 0 Å². The van der Waals surface area contributed by atoms with Crippen LogP contribution < -0.4 is 10.6 Å². The molecule has 0 spiro atoms. The van der Waals surface area contributed by atoms with Gasteiger partial charge in [0, 0.05) is 54.9 Å². The predicted molar refractivity (Wildman–Crippen MR) is 131 cm³/mol. The quantitative estimate of drug-likeness (QED) is 0.384. The second-order valence-corrected chi connectivity index (χ2v) is 7.99. The Bertz CT molecular complexity index is 1170. The van der Waals surface area contributed by atoms with Crippen molar-refractivity contribution in [2.45, 2.75) is 33.0 Å². The van der Waals surface area contributed by atoms with E-state index in [0.717, 1.165) is 28.8 Å². The van der Waals surface area contributed by atoms with E-state index in [-0.39, 0.29) is 5.91 Å². The van der Waals surface area contributed by atoms with E-state index in [1.165, 1.54) is 5.56 Å². The van der Waals surface area contributed by atoms with Crippen molar-refractivity contribution in [2.24, 2.45) is 0 Å². The molecule has 4 aromatic rings. The van der Waals surface area contributed by atoms with E-state index >= 15 is 0 Å². The number of hydrogen-bond acceptors (Lipinski definition) is 4. The first-order valence-electron chi connectivity index (χ1n) is 11.3. The molecule has 4 rings (SSSR count). The standard InChI is InChI=1S/C27H29N5O/c1-2-13-30-27(33)23-11-6-10-22(15-23)16-29-18-25-20-32(19-21-8-4-3-5-9-21)31-26(25)24-12-7-14-28-17-24/h3-12,14-15,17,20,29H,2,13,16,18-19H2,1H3,(H,30,33). The fraction of sp³-hybridized carbons (Fsp3) is 0.222. The normalized spacial score (nSPS) is 10.8. The van der Waals surface area contributed by atoms with Crippen LogP contribution in [0.1, 0.15) is 40.4 Å². The minimum Gasteiger partial charge on any atom is -0.352 e. The number of aromatic nitrogens is 3. The van der Waals surface area contributed by atoms with Crippen molar-refractivity contribution < 1.29 is 4.79 Å². The lowest BCUT2D eigenvalue weighted by Gasteiger charge is -2.08. The number of carbonyl (C=O) groups excluding carboxylic acids is 1. The first-order valence-corrected chi connectivity index (χ1v) is 11.3. The molecule has 2 heterocycles. The summed E-state index contributed by atoms with van der Waals surface area (Å²) in [4.78, 5) is 16.5. The molecule has 0 saturated carbocycles. The van der Waals surface area contributed by atoms with Gasteiger partial charge in [0.25, 0.3) is 5.91 Å². The fourth-order valence-electron chi connectivity index (χ4n) is 3.69. The van der Waals surface area contributed by atoms with Crippen molar-refractivity contribution in [3.8, 4) is 11.3 Å². The largest absolute Gasteiger partial charge is 0.352 e. The molecule has 2 aromatic carbocycles. The molecule has 0 atom stereocenters. The van der Waals surface area contributed by atoms with Gasteiger partial charge in [-0.15, -0.1) is 0 Å². The highest BCUT2D eigenvalue weighted by atomic mass is 16.1. The Hall–Kier alpha value is -3.77. The van der Waals surface area contributed by atoms with Gasteiger partial charge in [-0.2, -0.15) is 5.10 Å². The maximum atomic E-state index is 12.3. The number of pyridine rings is 1. The minimum atomic E-state index is -0.0280. The maximum Gasteiger partial charge on any atom is 0.251 e. The summed E-state index contributed by atoms with van der Waals surface area (Å²) >= 11 is 0. The van der Waals surface area contributed by atoms with Crippen LogP contribution in [0.3, 0.4) is 0 Å². The van der Waals surface area contributed by atoms with Gasteiger partial charge in [0.15, 0.2) is 0 Å². The monoisotopic (exact) mass is 439 g/mol. The molecule has 0 unspecified atom stereocenters. The molecule has 6 nitrogen and oxygen atoms in total. The van der Waals surface area contributed by atoms with E-state index < -0.39 is 0 Å². The number of nitrogens with one attached hydrogen (secondary N) is 2. The lowest BCUT2D eigenvalue weighted by atomic mass is 10.1. The molecule has 0 radical (unpaired) electrons. The average molecular weight is 440 g/mol. The summed E-state index contributed by atoms with van der Waals surface area (Å²) in [6, 6.07) is 22.0. The Labute approximate surface area is 194 Å². The Morgan fingerprint density at radius 2 is 1.82 bits per heavy atom. The second-order valence-electron chi connectivity index (χ2n) is 7.99. The van der Waals surface area contributed by atoms with Crippen LogP contribution in [0, 0.1) is 0 Å². The van der Waals surface area contributed by atoms with Crippen LogP contribution in [0.5, 0.6) is 0 Å². The topological polar surface area (TPSA) is 71.8 Å². The number of benzene rings is 2. The molecule has 0 aliphatic rings. The summed E-state index contributed by atoms with van der Waals surface area (Å²) in [5, 5.41) is 11.3. The summed E-state index contributed by atoms with van der Waals surface area (Å²) in [5.41, 5.74) is 5.99. The molecular weight excluding hydrogens is 410 g/mol. The number of amides is 1. The molecule has 0 fully saturated rings. The Morgan fingerprint density at radius 1 is 0.970 bits per heavy atom. The minimum absolute atomic E-state index is 0.0280. The summed E-state index contributed by atoms with van der Waals surface area (Å²) in [6.45, 7) is 4.76. The van der Waals surface area contributed by atoms with Gasteiger partial charge in [0.2, 0.25) is 0 Å². The molecule has 0 saturated heterocycles. The molecule has 168 valence electrons. The van der Waals surface area contributed by atoms with Crippen molar-refractivity contribution in [3.05, 3.63) is 108 Å². The highest BCUT2D eigenvalue weighted by molar-refractivity contribution is 5.94. The van der Waals surface area contributed by atoms with E-state index in [4.69, 9.17) is 5.10 Å². The first kappa shape index (κ1) is 22.4. The average Bonchev–Trinajstić information content (AvgIpc) is 3.26. The van der Waals surface area contributed by atoms with Crippen LogP contribution in [0.2, 0.25) is 0 Å². The van der Waals surface area contributed by atoms with Crippen molar-refractivity contribution in [3.63, 3.8) is 0 Å². The van der Waals surface area contributed by atoms with E-state index in [1.54, 1.807) is 6.20 Å². The summed E-state index contributed by atoms with van der Waals surface area (Å²) < 4.78 is 1.98. The van der Waals surface area contributed by atoms with Gasteiger partial charge in [0.1, 0.15) is 0 Å². The number of hydrogen-bond donors (Lipinski definition) is 2. The molecule has 1 amide bonds. The van der Waals surface area contributed by atoms with Gasteiger partial charge in [-0.05, 0) is 41.8 Å². The Kier molecular flexibility index (Phi) is 7.61. The van der Waals surface area contributed by atoms with E-state index in [1.807, 2.05) is 72.4 Å². The Morgan fingerprint density at radius 3 is 2.61 bits per heavy atom. The summed E-state index contributed by atoms with van der Waals surface area (Å²) in [7, 11) is 0. The van der Waals surface area contributed by atoms with Crippen LogP contribution in [0.4, 0.5) is 0 Å². The lowest BCUT2D eigenvalue weighted by molar-refractivity contribution is 0.0953. The zero-order chi connectivity index (χ0) is 22.9. The van der Waals surface area contributed by atoms with E-state index in [2.05, 4.69) is 33.9 Å². The molecular formula is C27H29N5O. The van der Waals surface area contributed by atoms with Gasteiger partial charge >= 0.3 is 0 Å². The van der Waals surface area contributed by atoms with Crippen LogP contribution in [-0.2, 0) is 19.6 Å². The summed E-state index contributed by atoms with van der Waals surface area (Å²) in [5.74, 6) is -0.0280. The van der Waals surface area contributed by atoms with Gasteiger partial charge in [-0.1, -0.05) is 49.4 Å². The highest BCUT2D eigenvalue weighted by Gasteiger charge is 2.12. The van der Waals surface area contributed by atoms with Gasteiger partial charge < -0.3 is 10.6 Å². The van der Waals surface area contributed by atoms with Crippen molar-refractivity contribution in [1.29, 1.82) is 0 Å². The first-order chi connectivity index (χ1) is 16.2. The maximum absolute atomic E-state index is 12.3. The molecule has 0 aliphatic heterocycles. The third kappa shape index (κ3) is 6.14. The van der Waals surface area contributed by atoms with Crippen LogP contribution in [-0.4, -0.2) is 27.2 Å². The predicted octanol–water partition coefficient (Wildman–Crippen LogP) is 4.42. The highest BCUT2D eigenvalue weighted by Crippen LogP contribution is 2.22. The molecule has 2 N–H and O–H groups in total. The molecule has 0 bridgehead atoms. The SMILES string of the molecule is CCCNC(=O)c1cccc(CNCc2cn(Cc3ccccc3)nc2-c2cccnc2)c1. The second kappa shape index (κ2) is 11.2. The van der Waals surface area contributed by atoms with Crippen molar-refractivity contribution in [2.75, 3.05) is 6.54 Å². The number of nitrogens with zero attached hydrogens (tertiary/aromatic N) is 3. The number of rotatable bonds is 10. The van der Waals surface area contributed by atoms with E-state index in [9.17, 15) is 4.79 Å². The third-order valence-corrected chi connectivity index (χ3v) is 5.33. The summed E-state index contributed by atoms with van der Waals surface area (Å²) in [6.07, 6.45) is 6.63. The third-order valence-electron chi connectivity index (χ3n) is 5.33. The molecule has 2 aromatic heterocycles. The van der Waals surface area contributed by atoms with Crippen LogP contribution in [0.25, 0.3) is 11.3 Å². The van der Waals surface area contributed by atoms with Crippen molar-refractivity contribution in [1.82, 2.24) is 25.4 Å². The number of carbonyl (C=O) groups is 1. The fourth-order valence-corrected chi connectivity index (χ4v) is 3.69. The zero-order valence-corrected chi connectivity index (χ0v) is 18.9. The zero-order valence-electron chi connectivity index (χ0n) is 18.9. The van der Waals surface area contributed by atoms with Crippen LogP contribution >= 0.6 is 0 Å². The van der Waals surface area contributed by atoms with Gasteiger partial charge in [-0.3, -0.25) is 14.5 Å². The van der Waals surface area contributed by atoms with E-state index in [0.29, 0.717) is 31.7 Å². The lowest BCUT2D eigenvalue weighted by Crippen LogP contribution is -2.24. The molecule has 6 heteroatoms. The van der Waals surface area contributed by atoms with Gasteiger partial charge in [0.05, 0.1) is 12.2 Å². The molecule has 33 heavy (non-hydrogen) atoms. The van der Waals surface area contributed by atoms with Crippen LogP contribution in [0.15, 0.2) is 85.3 Å². The molecule has 0 aliphatic carbocycles. The Balaban J connectivity index is 1.46. The smallest absolute Gasteiger partial charge is 0.251 e. The van der Waals surface area contributed by atoms with Crippen molar-refractivity contribution >= 4 is 5.91 Å².